The number of carbonyl (C=O) groups excluding carboxylic acids is 1. The summed E-state index contributed by atoms with van der Waals surface area (Å²) in [7, 11) is 1.70. The van der Waals surface area contributed by atoms with E-state index in [-0.39, 0.29) is 18.0 Å². The Labute approximate surface area is 120 Å². The predicted octanol–water partition coefficient (Wildman–Crippen LogP) is 1.43. The van der Waals surface area contributed by atoms with E-state index in [2.05, 4.69) is 5.32 Å². The smallest absolute Gasteiger partial charge is 0.317 e. The number of hydrogen-bond acceptors (Lipinski definition) is 3. The molecule has 6 heteroatoms. The van der Waals surface area contributed by atoms with E-state index in [0.29, 0.717) is 19.4 Å². The molecule has 3 N–H and O–H groups in total. The summed E-state index contributed by atoms with van der Waals surface area (Å²) >= 11 is 0. The lowest BCUT2D eigenvalue weighted by Crippen LogP contribution is -2.50. The van der Waals surface area contributed by atoms with Crippen LogP contribution in [0.2, 0.25) is 0 Å². The van der Waals surface area contributed by atoms with Crippen LogP contribution >= 0.6 is 0 Å². The number of aliphatic hydroxyl groups excluding tert-OH is 1. The van der Waals surface area contributed by atoms with E-state index in [4.69, 9.17) is 5.11 Å². The van der Waals surface area contributed by atoms with Crippen molar-refractivity contribution in [1.82, 2.24) is 10.2 Å². The summed E-state index contributed by atoms with van der Waals surface area (Å²) in [5, 5.41) is 21.4. The van der Waals surface area contributed by atoms with Crippen molar-refractivity contribution in [2.45, 2.75) is 57.6 Å². The van der Waals surface area contributed by atoms with Gasteiger partial charge in [-0.15, -0.1) is 0 Å². The fraction of sp³-hybridized carbons (Fsp3) is 0.857. The van der Waals surface area contributed by atoms with Crippen LogP contribution in [0, 0.1) is 5.92 Å². The number of hydrogen-bond donors (Lipinski definition) is 3. The number of aliphatic carboxylic acids is 1. The third kappa shape index (κ3) is 5.00. The maximum Gasteiger partial charge on any atom is 0.317 e. The Hall–Kier alpha value is -1.30. The Morgan fingerprint density at radius 3 is 2.60 bits per heavy atom. The highest BCUT2D eigenvalue weighted by Gasteiger charge is 2.29. The van der Waals surface area contributed by atoms with E-state index >= 15 is 0 Å². The number of carboxylic acids is 1. The van der Waals surface area contributed by atoms with Crippen LogP contribution in [0.25, 0.3) is 0 Å². The van der Waals surface area contributed by atoms with E-state index in [0.717, 1.165) is 25.7 Å². The molecule has 3 unspecified atom stereocenters. The van der Waals surface area contributed by atoms with Crippen LogP contribution in [0.3, 0.4) is 0 Å². The van der Waals surface area contributed by atoms with Gasteiger partial charge in [-0.3, -0.25) is 4.79 Å². The van der Waals surface area contributed by atoms with Gasteiger partial charge in [0.2, 0.25) is 0 Å². The highest BCUT2D eigenvalue weighted by molar-refractivity contribution is 5.74. The minimum Gasteiger partial charge on any atom is -0.481 e. The molecule has 0 radical (unpaired) electrons. The van der Waals surface area contributed by atoms with Gasteiger partial charge >= 0.3 is 12.0 Å². The molecule has 1 aliphatic rings. The zero-order valence-electron chi connectivity index (χ0n) is 12.3. The number of amides is 2. The fourth-order valence-electron chi connectivity index (χ4n) is 2.55. The second-order valence-electron chi connectivity index (χ2n) is 5.64. The molecule has 6 nitrogen and oxygen atoms in total. The first-order valence-corrected chi connectivity index (χ1v) is 7.35. The minimum absolute atomic E-state index is 0.110. The number of carbonyl (C=O) groups is 2. The molecule has 1 saturated carbocycles. The summed E-state index contributed by atoms with van der Waals surface area (Å²) in [5.41, 5.74) is 0. The largest absolute Gasteiger partial charge is 0.481 e. The molecule has 0 aromatic heterocycles. The quantitative estimate of drug-likeness (QED) is 0.644. The lowest BCUT2D eigenvalue weighted by molar-refractivity contribution is -0.141. The van der Waals surface area contributed by atoms with Gasteiger partial charge in [-0.05, 0) is 25.7 Å². The van der Waals surface area contributed by atoms with Gasteiger partial charge in [0.15, 0.2) is 0 Å². The Morgan fingerprint density at radius 2 is 2.00 bits per heavy atom. The molecule has 1 aliphatic carbocycles. The van der Waals surface area contributed by atoms with Crippen molar-refractivity contribution in [2.75, 3.05) is 13.6 Å². The second-order valence-corrected chi connectivity index (χ2v) is 5.64. The molecule has 1 rings (SSSR count). The maximum atomic E-state index is 12.0. The zero-order valence-corrected chi connectivity index (χ0v) is 12.3. The van der Waals surface area contributed by atoms with Gasteiger partial charge < -0.3 is 20.4 Å². The molecular formula is C14H26N2O4. The summed E-state index contributed by atoms with van der Waals surface area (Å²) < 4.78 is 0. The van der Waals surface area contributed by atoms with Crippen LogP contribution in [0.1, 0.15) is 45.4 Å². The Morgan fingerprint density at radius 1 is 1.35 bits per heavy atom. The molecule has 0 aromatic rings. The molecule has 0 aromatic carbocycles. The second kappa shape index (κ2) is 8.09. The molecular weight excluding hydrogens is 260 g/mol. The van der Waals surface area contributed by atoms with Crippen LogP contribution in [-0.2, 0) is 4.79 Å². The van der Waals surface area contributed by atoms with Crippen molar-refractivity contribution in [3.8, 4) is 0 Å². The summed E-state index contributed by atoms with van der Waals surface area (Å²) in [6, 6.07) is -0.305. The van der Waals surface area contributed by atoms with Crippen LogP contribution in [0.4, 0.5) is 4.79 Å². The number of likely N-dealkylation sites (N-methyl/N-ethyl adjacent to an activating group) is 1. The first-order chi connectivity index (χ1) is 9.43. The molecule has 116 valence electrons. The molecule has 1 fully saturated rings. The van der Waals surface area contributed by atoms with Gasteiger partial charge in [-0.2, -0.15) is 0 Å². The number of nitrogens with one attached hydrogen (secondary N) is 1. The van der Waals surface area contributed by atoms with Gasteiger partial charge in [0.05, 0.1) is 18.1 Å². The molecule has 20 heavy (non-hydrogen) atoms. The van der Waals surface area contributed by atoms with Gasteiger partial charge in [-0.25, -0.2) is 4.79 Å². The average Bonchev–Trinajstić information content (AvgIpc) is 2.42. The van der Waals surface area contributed by atoms with E-state index < -0.39 is 12.1 Å². The molecule has 0 spiro atoms. The van der Waals surface area contributed by atoms with Crippen LogP contribution < -0.4 is 5.32 Å². The standard InChI is InChI=1S/C14H26N2O4/c1-10(13(18)19)6-5-9-15-14(20)16(2)11-7-3-4-8-12(11)17/h10-12,17H,3-9H2,1-2H3,(H,15,20)(H,18,19). The Bertz CT molecular complexity index is 335. The number of aliphatic hydroxyl groups is 1. The third-order valence-electron chi connectivity index (χ3n) is 4.02. The van der Waals surface area contributed by atoms with Crippen molar-refractivity contribution >= 4 is 12.0 Å². The number of rotatable bonds is 6. The molecule has 0 bridgehead atoms. The molecule has 0 heterocycles. The van der Waals surface area contributed by atoms with Gasteiger partial charge in [0.25, 0.3) is 0 Å². The Kier molecular flexibility index (Phi) is 6.78. The van der Waals surface area contributed by atoms with Crippen molar-refractivity contribution in [3.05, 3.63) is 0 Å². The van der Waals surface area contributed by atoms with Crippen molar-refractivity contribution in [1.29, 1.82) is 0 Å². The summed E-state index contributed by atoms with van der Waals surface area (Å²) in [5.74, 6) is -1.19. The van der Waals surface area contributed by atoms with Crippen LogP contribution in [0.5, 0.6) is 0 Å². The first-order valence-electron chi connectivity index (χ1n) is 7.35. The predicted molar refractivity (Wildman–Crippen MR) is 75.5 cm³/mol. The monoisotopic (exact) mass is 286 g/mol. The highest BCUT2D eigenvalue weighted by Crippen LogP contribution is 2.22. The maximum absolute atomic E-state index is 12.0. The van der Waals surface area contributed by atoms with E-state index in [1.165, 1.54) is 0 Å². The SMILES string of the molecule is CC(CCCNC(=O)N(C)C1CCCCC1O)C(=O)O. The summed E-state index contributed by atoms with van der Waals surface area (Å²) in [6.45, 7) is 2.12. The fourth-order valence-corrected chi connectivity index (χ4v) is 2.55. The zero-order chi connectivity index (χ0) is 15.1. The number of urea groups is 1. The highest BCUT2D eigenvalue weighted by atomic mass is 16.4. The normalized spacial score (nSPS) is 23.9. The van der Waals surface area contributed by atoms with Crippen molar-refractivity contribution in [2.24, 2.45) is 5.92 Å². The number of carboxylic acid groups (broad SMARTS) is 1. The lowest BCUT2D eigenvalue weighted by atomic mass is 9.92. The van der Waals surface area contributed by atoms with Crippen molar-refractivity contribution in [3.63, 3.8) is 0 Å². The molecule has 3 atom stereocenters. The lowest BCUT2D eigenvalue weighted by Gasteiger charge is -2.35. The van der Waals surface area contributed by atoms with Crippen molar-refractivity contribution < 1.29 is 19.8 Å². The number of nitrogens with zero attached hydrogens (tertiary/aromatic N) is 1. The average molecular weight is 286 g/mol. The van der Waals surface area contributed by atoms with E-state index in [9.17, 15) is 14.7 Å². The van der Waals surface area contributed by atoms with Gasteiger partial charge in [0.1, 0.15) is 0 Å². The first kappa shape index (κ1) is 16.8. The molecule has 2 amide bonds. The van der Waals surface area contributed by atoms with Gasteiger partial charge in [0, 0.05) is 13.6 Å². The Balaban J connectivity index is 2.26. The summed E-state index contributed by atoms with van der Waals surface area (Å²) in [6.07, 6.45) is 4.38. The molecule has 0 aliphatic heterocycles. The molecule has 0 saturated heterocycles. The topological polar surface area (TPSA) is 89.9 Å². The third-order valence-corrected chi connectivity index (χ3v) is 4.02. The minimum atomic E-state index is -0.807. The van der Waals surface area contributed by atoms with Crippen LogP contribution in [-0.4, -0.2) is 52.9 Å². The summed E-state index contributed by atoms with van der Waals surface area (Å²) in [4.78, 5) is 24.2. The van der Waals surface area contributed by atoms with E-state index in [1.54, 1.807) is 18.9 Å². The van der Waals surface area contributed by atoms with E-state index in [1.807, 2.05) is 0 Å². The van der Waals surface area contributed by atoms with Gasteiger partial charge in [-0.1, -0.05) is 19.8 Å². The van der Waals surface area contributed by atoms with Crippen LogP contribution in [0.15, 0.2) is 0 Å².